The number of aromatic nitrogens is 2. The van der Waals surface area contributed by atoms with Gasteiger partial charge in [0.15, 0.2) is 0 Å². The van der Waals surface area contributed by atoms with Gasteiger partial charge in [0.25, 0.3) is 0 Å². The summed E-state index contributed by atoms with van der Waals surface area (Å²) in [5.41, 5.74) is 4.44. The van der Waals surface area contributed by atoms with Crippen LogP contribution in [0.25, 0.3) is 10.9 Å². The Bertz CT molecular complexity index is 910. The summed E-state index contributed by atoms with van der Waals surface area (Å²) in [5.74, 6) is 0. The first kappa shape index (κ1) is 19.0. The standard InChI is InChI=1S/C21H22F3N3/c1-14(11-17-3-5-18-8-10-25-20(18)12-17)27-15(2)19-6-4-16(13-26-19)7-9-21(22,23)24/h3-6,8,10,12-13,15,25,27H,1,7,9,11H2,2H3. The van der Waals surface area contributed by atoms with E-state index in [-0.39, 0.29) is 12.5 Å². The number of alkyl halides is 3. The fraction of sp³-hybridized carbons (Fsp3) is 0.286. The Hall–Kier alpha value is -2.76. The molecule has 142 valence electrons. The van der Waals surface area contributed by atoms with Crippen molar-refractivity contribution in [3.63, 3.8) is 0 Å². The van der Waals surface area contributed by atoms with Crippen molar-refractivity contribution < 1.29 is 13.2 Å². The highest BCUT2D eigenvalue weighted by Gasteiger charge is 2.26. The summed E-state index contributed by atoms with van der Waals surface area (Å²) in [6, 6.07) is 11.7. The Morgan fingerprint density at radius 3 is 2.67 bits per heavy atom. The molecule has 27 heavy (non-hydrogen) atoms. The van der Waals surface area contributed by atoms with Gasteiger partial charge in [-0.25, -0.2) is 0 Å². The van der Waals surface area contributed by atoms with Crippen LogP contribution >= 0.6 is 0 Å². The SMILES string of the molecule is C=C(Cc1ccc2cc[nH]c2c1)NC(C)c1ccc(CCC(F)(F)F)cn1. The Morgan fingerprint density at radius 2 is 1.96 bits per heavy atom. The van der Waals surface area contributed by atoms with E-state index in [1.165, 1.54) is 11.6 Å². The van der Waals surface area contributed by atoms with Gasteiger partial charge in [-0.05, 0) is 48.1 Å². The van der Waals surface area contributed by atoms with Crippen LogP contribution in [0, 0.1) is 0 Å². The van der Waals surface area contributed by atoms with Gasteiger partial charge in [-0.3, -0.25) is 4.98 Å². The zero-order valence-electron chi connectivity index (χ0n) is 15.1. The molecular formula is C21H22F3N3. The maximum atomic E-state index is 12.3. The van der Waals surface area contributed by atoms with Crippen molar-refractivity contribution in [2.45, 2.75) is 38.4 Å². The van der Waals surface area contributed by atoms with Crippen LogP contribution < -0.4 is 5.32 Å². The van der Waals surface area contributed by atoms with Crippen molar-refractivity contribution in [1.82, 2.24) is 15.3 Å². The molecule has 0 bridgehead atoms. The van der Waals surface area contributed by atoms with Gasteiger partial charge < -0.3 is 10.3 Å². The van der Waals surface area contributed by atoms with Crippen molar-refractivity contribution in [3.8, 4) is 0 Å². The Kier molecular flexibility index (Phi) is 5.54. The number of allylic oxidation sites excluding steroid dienone is 1. The van der Waals surface area contributed by atoms with Crippen molar-refractivity contribution in [2.24, 2.45) is 0 Å². The Morgan fingerprint density at radius 1 is 1.19 bits per heavy atom. The van der Waals surface area contributed by atoms with E-state index >= 15 is 0 Å². The maximum Gasteiger partial charge on any atom is 0.389 e. The highest BCUT2D eigenvalue weighted by Crippen LogP contribution is 2.22. The van der Waals surface area contributed by atoms with E-state index in [0.717, 1.165) is 22.5 Å². The van der Waals surface area contributed by atoms with E-state index in [1.54, 1.807) is 12.1 Å². The minimum atomic E-state index is -4.14. The molecule has 2 heterocycles. The van der Waals surface area contributed by atoms with Crippen LogP contribution in [0.3, 0.4) is 0 Å². The average Bonchev–Trinajstić information content (AvgIpc) is 3.07. The van der Waals surface area contributed by atoms with E-state index in [9.17, 15) is 13.2 Å². The van der Waals surface area contributed by atoms with Gasteiger partial charge >= 0.3 is 6.18 Å². The fourth-order valence-corrected chi connectivity index (χ4v) is 3.01. The lowest BCUT2D eigenvalue weighted by molar-refractivity contribution is -0.134. The molecular weight excluding hydrogens is 351 g/mol. The van der Waals surface area contributed by atoms with Crippen LogP contribution in [0.4, 0.5) is 13.2 Å². The second kappa shape index (κ2) is 7.86. The average molecular weight is 373 g/mol. The molecule has 3 aromatic rings. The number of aromatic amines is 1. The fourth-order valence-electron chi connectivity index (χ4n) is 3.01. The second-order valence-electron chi connectivity index (χ2n) is 6.75. The van der Waals surface area contributed by atoms with Crippen molar-refractivity contribution in [2.75, 3.05) is 0 Å². The normalized spacial score (nSPS) is 12.9. The minimum absolute atomic E-state index is 0.0491. The van der Waals surface area contributed by atoms with E-state index in [0.29, 0.717) is 12.0 Å². The number of rotatable bonds is 7. The number of nitrogens with zero attached hydrogens (tertiary/aromatic N) is 1. The van der Waals surface area contributed by atoms with E-state index in [1.807, 2.05) is 19.2 Å². The van der Waals surface area contributed by atoms with Crippen LogP contribution in [0.15, 0.2) is 61.1 Å². The molecule has 1 atom stereocenters. The molecule has 0 aliphatic heterocycles. The number of hydrogen-bond acceptors (Lipinski definition) is 2. The Labute approximate surface area is 156 Å². The summed E-state index contributed by atoms with van der Waals surface area (Å²) in [4.78, 5) is 7.49. The molecule has 0 saturated carbocycles. The molecule has 6 heteroatoms. The Balaban J connectivity index is 1.55. The first-order chi connectivity index (χ1) is 12.8. The third kappa shape index (κ3) is 5.36. The molecule has 1 aromatic carbocycles. The van der Waals surface area contributed by atoms with Gasteiger partial charge in [0.1, 0.15) is 0 Å². The lowest BCUT2D eigenvalue weighted by Gasteiger charge is -2.17. The van der Waals surface area contributed by atoms with Gasteiger partial charge in [0, 0.05) is 36.4 Å². The molecule has 0 saturated heterocycles. The monoisotopic (exact) mass is 373 g/mol. The predicted molar refractivity (Wildman–Crippen MR) is 101 cm³/mol. The number of benzene rings is 1. The second-order valence-corrected chi connectivity index (χ2v) is 6.75. The lowest BCUT2D eigenvalue weighted by atomic mass is 10.1. The zero-order chi connectivity index (χ0) is 19.4. The molecule has 0 aliphatic carbocycles. The van der Waals surface area contributed by atoms with Gasteiger partial charge in [0.05, 0.1) is 11.7 Å². The molecule has 0 radical (unpaired) electrons. The third-order valence-corrected chi connectivity index (χ3v) is 4.45. The number of fused-ring (bicyclic) bond motifs is 1. The zero-order valence-corrected chi connectivity index (χ0v) is 15.1. The largest absolute Gasteiger partial charge is 0.389 e. The molecule has 0 amide bonds. The number of pyridine rings is 1. The van der Waals surface area contributed by atoms with Gasteiger partial charge in [-0.15, -0.1) is 0 Å². The first-order valence-corrected chi connectivity index (χ1v) is 8.82. The molecule has 3 rings (SSSR count). The summed E-state index contributed by atoms with van der Waals surface area (Å²) >= 11 is 0. The molecule has 1 unspecified atom stereocenters. The first-order valence-electron chi connectivity index (χ1n) is 8.82. The highest BCUT2D eigenvalue weighted by molar-refractivity contribution is 5.79. The van der Waals surface area contributed by atoms with E-state index < -0.39 is 12.6 Å². The maximum absolute atomic E-state index is 12.3. The van der Waals surface area contributed by atoms with Crippen LogP contribution in [-0.2, 0) is 12.8 Å². The van der Waals surface area contributed by atoms with E-state index in [2.05, 4.69) is 40.1 Å². The van der Waals surface area contributed by atoms with Crippen LogP contribution in [-0.4, -0.2) is 16.1 Å². The lowest BCUT2D eigenvalue weighted by Crippen LogP contribution is -2.19. The minimum Gasteiger partial charge on any atom is -0.380 e. The third-order valence-electron chi connectivity index (χ3n) is 4.45. The van der Waals surface area contributed by atoms with Crippen LogP contribution in [0.1, 0.15) is 36.2 Å². The molecule has 2 aromatic heterocycles. The summed E-state index contributed by atoms with van der Waals surface area (Å²) in [5, 5.41) is 4.48. The van der Waals surface area contributed by atoms with Crippen molar-refractivity contribution in [1.29, 1.82) is 0 Å². The van der Waals surface area contributed by atoms with Gasteiger partial charge in [-0.2, -0.15) is 13.2 Å². The highest BCUT2D eigenvalue weighted by atomic mass is 19.4. The number of nitrogens with one attached hydrogen (secondary N) is 2. The summed E-state index contributed by atoms with van der Waals surface area (Å²) in [7, 11) is 0. The molecule has 2 N–H and O–H groups in total. The van der Waals surface area contributed by atoms with Gasteiger partial charge in [0.2, 0.25) is 0 Å². The topological polar surface area (TPSA) is 40.7 Å². The van der Waals surface area contributed by atoms with Gasteiger partial charge in [-0.1, -0.05) is 24.8 Å². The van der Waals surface area contributed by atoms with Crippen LogP contribution in [0.2, 0.25) is 0 Å². The molecule has 0 fully saturated rings. The molecule has 3 nitrogen and oxygen atoms in total. The summed E-state index contributed by atoms with van der Waals surface area (Å²) in [6.45, 7) is 6.04. The molecule has 0 aliphatic rings. The van der Waals surface area contributed by atoms with E-state index in [4.69, 9.17) is 0 Å². The quantitative estimate of drug-likeness (QED) is 0.577. The van der Waals surface area contributed by atoms with Crippen molar-refractivity contribution >= 4 is 10.9 Å². The summed E-state index contributed by atoms with van der Waals surface area (Å²) < 4.78 is 36.9. The number of H-pyrrole nitrogens is 1. The van der Waals surface area contributed by atoms with Crippen molar-refractivity contribution in [3.05, 3.63) is 77.9 Å². The van der Waals surface area contributed by atoms with Crippen LogP contribution in [0.5, 0.6) is 0 Å². The predicted octanol–water partition coefficient (Wildman–Crippen LogP) is 5.46. The molecule has 0 spiro atoms. The number of halogens is 3. The number of aryl methyl sites for hydroxylation is 1. The summed E-state index contributed by atoms with van der Waals surface area (Å²) in [6.07, 6.45) is -0.914. The number of hydrogen-bond donors (Lipinski definition) is 2. The smallest absolute Gasteiger partial charge is 0.380 e.